The van der Waals surface area contributed by atoms with Gasteiger partial charge < -0.3 is 10.3 Å². The molecule has 0 bridgehead atoms. The van der Waals surface area contributed by atoms with Gasteiger partial charge in [-0.15, -0.1) is 0 Å². The Morgan fingerprint density at radius 3 is 2.64 bits per heavy atom. The molecule has 6 nitrogen and oxygen atoms in total. The number of carbonyl (C=O) groups excluding carboxylic acids is 2. The summed E-state index contributed by atoms with van der Waals surface area (Å²) in [5.74, 6) is 1.30. The second kappa shape index (κ2) is 9.63. The lowest BCUT2D eigenvalue weighted by Gasteiger charge is -2.22. The highest BCUT2D eigenvalue weighted by atomic mass is 16.1. The van der Waals surface area contributed by atoms with E-state index in [1.54, 1.807) is 6.20 Å². The third-order valence-electron chi connectivity index (χ3n) is 6.58. The average Bonchev–Trinajstić information content (AvgIpc) is 3.26. The Labute approximate surface area is 192 Å². The van der Waals surface area contributed by atoms with Gasteiger partial charge in [-0.25, -0.2) is 4.98 Å². The summed E-state index contributed by atoms with van der Waals surface area (Å²) < 4.78 is 0. The van der Waals surface area contributed by atoms with Crippen molar-refractivity contribution in [2.24, 2.45) is 5.92 Å². The van der Waals surface area contributed by atoms with Crippen LogP contribution in [0, 0.1) is 5.92 Å². The number of nitrogens with zero attached hydrogens (tertiary/aromatic N) is 2. The predicted molar refractivity (Wildman–Crippen MR) is 130 cm³/mol. The number of hydrogen-bond donors (Lipinski definition) is 2. The molecule has 2 N–H and O–H groups in total. The van der Waals surface area contributed by atoms with Crippen molar-refractivity contribution in [2.75, 3.05) is 13.1 Å². The third-order valence-corrected chi connectivity index (χ3v) is 6.58. The SMILES string of the molecule is O=C(Cc1nc2c(C(=O)CCCC3CCNCC3)cccc2[nH]1)c1cc2ccccc2cn1. The van der Waals surface area contributed by atoms with E-state index in [1.165, 1.54) is 12.8 Å². The number of aromatic nitrogens is 3. The Hall–Kier alpha value is -3.38. The Kier molecular flexibility index (Phi) is 6.26. The number of carbonyl (C=O) groups is 2. The molecule has 0 saturated carbocycles. The van der Waals surface area contributed by atoms with Crippen molar-refractivity contribution in [1.29, 1.82) is 0 Å². The van der Waals surface area contributed by atoms with E-state index in [0.29, 0.717) is 29.0 Å². The topological polar surface area (TPSA) is 87.7 Å². The number of imidazole rings is 1. The maximum Gasteiger partial charge on any atom is 0.188 e. The minimum absolute atomic E-state index is 0.102. The number of para-hydroxylation sites is 1. The highest BCUT2D eigenvalue weighted by Crippen LogP contribution is 2.23. The molecular weight excluding hydrogens is 412 g/mol. The summed E-state index contributed by atoms with van der Waals surface area (Å²) in [5, 5.41) is 5.37. The summed E-state index contributed by atoms with van der Waals surface area (Å²) in [6.07, 6.45) is 6.78. The van der Waals surface area contributed by atoms with Gasteiger partial charge in [0.2, 0.25) is 0 Å². The lowest BCUT2D eigenvalue weighted by atomic mass is 9.91. The van der Waals surface area contributed by atoms with Crippen LogP contribution in [0.1, 0.15) is 58.8 Å². The number of hydrogen-bond acceptors (Lipinski definition) is 5. The van der Waals surface area contributed by atoms with Crippen molar-refractivity contribution < 1.29 is 9.59 Å². The largest absolute Gasteiger partial charge is 0.342 e. The van der Waals surface area contributed by atoms with Crippen molar-refractivity contribution >= 4 is 33.4 Å². The molecule has 0 amide bonds. The van der Waals surface area contributed by atoms with Crippen molar-refractivity contribution in [3.8, 4) is 0 Å². The molecule has 2 aromatic heterocycles. The summed E-state index contributed by atoms with van der Waals surface area (Å²) in [5.41, 5.74) is 2.49. The molecule has 1 fully saturated rings. The zero-order valence-electron chi connectivity index (χ0n) is 18.6. The van der Waals surface area contributed by atoms with E-state index in [-0.39, 0.29) is 18.0 Å². The first-order valence-corrected chi connectivity index (χ1v) is 11.8. The van der Waals surface area contributed by atoms with Gasteiger partial charge in [-0.2, -0.15) is 0 Å². The number of pyridine rings is 1. The van der Waals surface area contributed by atoms with E-state index < -0.39 is 0 Å². The van der Waals surface area contributed by atoms with Crippen molar-refractivity contribution in [3.05, 3.63) is 71.8 Å². The molecule has 0 unspecified atom stereocenters. The van der Waals surface area contributed by atoms with Crippen LogP contribution in [-0.2, 0) is 6.42 Å². The smallest absolute Gasteiger partial charge is 0.188 e. The van der Waals surface area contributed by atoms with Gasteiger partial charge >= 0.3 is 0 Å². The second-order valence-corrected chi connectivity index (χ2v) is 8.91. The van der Waals surface area contributed by atoms with Crippen LogP contribution in [0.15, 0.2) is 54.7 Å². The highest BCUT2D eigenvalue weighted by Gasteiger charge is 2.18. The van der Waals surface area contributed by atoms with Gasteiger partial charge in [0.05, 0.1) is 17.5 Å². The minimum Gasteiger partial charge on any atom is -0.342 e. The van der Waals surface area contributed by atoms with Crippen molar-refractivity contribution in [1.82, 2.24) is 20.3 Å². The average molecular weight is 441 g/mol. The standard InChI is InChI=1S/C27H28N4O2/c32-24(10-3-5-18-11-13-28-14-12-18)21-8-4-9-22-27(21)31-26(30-22)16-25(33)23-15-19-6-1-2-7-20(19)17-29-23/h1-2,4,6-9,15,17-18,28H,3,5,10-14,16H2,(H,30,31). The first-order valence-electron chi connectivity index (χ1n) is 11.8. The third kappa shape index (κ3) is 4.86. The van der Waals surface area contributed by atoms with Crippen LogP contribution in [0.3, 0.4) is 0 Å². The van der Waals surface area contributed by atoms with Gasteiger partial charge in [-0.3, -0.25) is 14.6 Å². The van der Waals surface area contributed by atoms with Crippen molar-refractivity contribution in [3.63, 3.8) is 0 Å². The van der Waals surface area contributed by atoms with E-state index >= 15 is 0 Å². The fraction of sp³-hybridized carbons (Fsp3) is 0.333. The number of piperidine rings is 1. The summed E-state index contributed by atoms with van der Waals surface area (Å²) in [6.45, 7) is 2.17. The quantitative estimate of drug-likeness (QED) is 0.381. The molecule has 3 heterocycles. The van der Waals surface area contributed by atoms with Crippen LogP contribution in [0.25, 0.3) is 21.8 Å². The van der Waals surface area contributed by atoms with Crippen LogP contribution in [0.4, 0.5) is 0 Å². The number of H-pyrrole nitrogens is 1. The fourth-order valence-electron chi connectivity index (χ4n) is 4.73. The zero-order valence-corrected chi connectivity index (χ0v) is 18.6. The molecule has 0 spiro atoms. The van der Waals surface area contributed by atoms with E-state index in [2.05, 4.69) is 20.3 Å². The van der Waals surface area contributed by atoms with Crippen molar-refractivity contribution in [2.45, 2.75) is 38.5 Å². The molecule has 1 saturated heterocycles. The first-order chi connectivity index (χ1) is 16.2. The highest BCUT2D eigenvalue weighted by molar-refractivity contribution is 6.06. The molecule has 6 heteroatoms. The summed E-state index contributed by atoms with van der Waals surface area (Å²) in [7, 11) is 0. The molecule has 1 aliphatic heterocycles. The summed E-state index contributed by atoms with van der Waals surface area (Å²) in [4.78, 5) is 38.0. The van der Waals surface area contributed by atoms with Crippen LogP contribution < -0.4 is 5.32 Å². The van der Waals surface area contributed by atoms with Crippen LogP contribution in [0.5, 0.6) is 0 Å². The molecule has 0 aliphatic carbocycles. The number of ketones is 2. The second-order valence-electron chi connectivity index (χ2n) is 8.91. The maximum atomic E-state index is 12.9. The molecular formula is C27H28N4O2. The van der Waals surface area contributed by atoms with E-state index in [1.807, 2.05) is 48.5 Å². The molecule has 0 radical (unpaired) electrons. The number of benzene rings is 2. The van der Waals surface area contributed by atoms with Gasteiger partial charge in [0.25, 0.3) is 0 Å². The number of nitrogens with one attached hydrogen (secondary N) is 2. The molecule has 0 atom stereocenters. The van der Waals surface area contributed by atoms with Gasteiger partial charge in [0.1, 0.15) is 11.5 Å². The normalized spacial score (nSPS) is 14.7. The monoisotopic (exact) mass is 440 g/mol. The van der Waals surface area contributed by atoms with Gasteiger partial charge in [0.15, 0.2) is 11.6 Å². The molecule has 1 aliphatic rings. The molecule has 5 rings (SSSR count). The molecule has 33 heavy (non-hydrogen) atoms. The fourth-order valence-corrected chi connectivity index (χ4v) is 4.73. The molecule has 168 valence electrons. The number of Topliss-reactive ketones (excluding diaryl/α,β-unsaturated/α-hetero) is 2. The summed E-state index contributed by atoms with van der Waals surface area (Å²) >= 11 is 0. The number of rotatable bonds is 8. The lowest BCUT2D eigenvalue weighted by Crippen LogP contribution is -2.27. The van der Waals surface area contributed by atoms with Crippen LogP contribution in [0.2, 0.25) is 0 Å². The van der Waals surface area contributed by atoms with E-state index in [4.69, 9.17) is 0 Å². The molecule has 4 aromatic rings. The van der Waals surface area contributed by atoms with Gasteiger partial charge in [-0.05, 0) is 68.3 Å². The maximum absolute atomic E-state index is 12.9. The Balaban J connectivity index is 1.28. The zero-order chi connectivity index (χ0) is 22.6. The minimum atomic E-state index is -0.102. The van der Waals surface area contributed by atoms with E-state index in [9.17, 15) is 9.59 Å². The number of fused-ring (bicyclic) bond motifs is 2. The lowest BCUT2D eigenvalue weighted by molar-refractivity contribution is 0.0974. The van der Waals surface area contributed by atoms with Gasteiger partial charge in [0, 0.05) is 23.6 Å². The van der Waals surface area contributed by atoms with E-state index in [0.717, 1.165) is 48.1 Å². The van der Waals surface area contributed by atoms with Crippen LogP contribution in [-0.4, -0.2) is 39.6 Å². The Morgan fingerprint density at radius 1 is 0.970 bits per heavy atom. The Morgan fingerprint density at radius 2 is 1.79 bits per heavy atom. The number of aromatic amines is 1. The van der Waals surface area contributed by atoms with Gasteiger partial charge in [-0.1, -0.05) is 30.3 Å². The first kappa shape index (κ1) is 21.5. The predicted octanol–water partition coefficient (Wildman–Crippen LogP) is 4.89. The summed E-state index contributed by atoms with van der Waals surface area (Å²) in [6, 6.07) is 15.3. The Bertz CT molecular complexity index is 1300. The van der Waals surface area contributed by atoms with Crippen LogP contribution >= 0.6 is 0 Å². The molecule has 2 aromatic carbocycles.